The number of aromatic amines is 1. The Kier molecular flexibility index (Phi) is 3.07. The number of methoxy groups -OCH3 is 1. The maximum atomic E-state index is 8.81. The van der Waals surface area contributed by atoms with Crippen molar-refractivity contribution in [2.75, 3.05) is 7.11 Å². The molecule has 2 rings (SSSR count). The second-order valence-corrected chi connectivity index (χ2v) is 4.30. The molecule has 2 aromatic rings. The van der Waals surface area contributed by atoms with Gasteiger partial charge in [-0.15, -0.1) is 0 Å². The molecule has 0 aliphatic carbocycles. The summed E-state index contributed by atoms with van der Waals surface area (Å²) in [6.07, 6.45) is 0. The Morgan fingerprint density at radius 1 is 1.22 bits per heavy atom. The molecule has 18 heavy (non-hydrogen) atoms. The molecule has 4 heteroatoms. The van der Waals surface area contributed by atoms with Crippen LogP contribution < -0.4 is 4.74 Å². The van der Waals surface area contributed by atoms with Crippen LogP contribution in [0.5, 0.6) is 5.75 Å². The normalized spacial score (nSPS) is 10.2. The first kappa shape index (κ1) is 12.2. The molecule has 0 radical (unpaired) electrons. The number of nitrogens with one attached hydrogen (secondary N) is 1. The van der Waals surface area contributed by atoms with Crippen LogP contribution in [0, 0.1) is 32.1 Å². The van der Waals surface area contributed by atoms with Crippen LogP contribution in [0.15, 0.2) is 12.1 Å². The van der Waals surface area contributed by atoms with Gasteiger partial charge in [-0.2, -0.15) is 10.4 Å². The molecule has 0 bridgehead atoms. The van der Waals surface area contributed by atoms with Gasteiger partial charge in [0.15, 0.2) is 5.69 Å². The number of aryl methyl sites for hydroxylation is 1. The standard InChI is InChI=1S/C14H15N3O/c1-8-5-12(9(2)10(3)14(8)18-4)13-6-11(7-15)16-17-13/h5-6H,1-4H3,(H,16,17). The van der Waals surface area contributed by atoms with Crippen LogP contribution in [0.1, 0.15) is 22.4 Å². The average molecular weight is 241 g/mol. The minimum absolute atomic E-state index is 0.399. The van der Waals surface area contributed by atoms with Gasteiger partial charge in [0.1, 0.15) is 11.8 Å². The Morgan fingerprint density at radius 3 is 2.50 bits per heavy atom. The summed E-state index contributed by atoms with van der Waals surface area (Å²) < 4.78 is 5.40. The highest BCUT2D eigenvalue weighted by Crippen LogP contribution is 2.33. The van der Waals surface area contributed by atoms with E-state index in [2.05, 4.69) is 16.3 Å². The minimum Gasteiger partial charge on any atom is -0.496 e. The quantitative estimate of drug-likeness (QED) is 0.879. The number of nitrogens with zero attached hydrogens (tertiary/aromatic N) is 2. The molecule has 0 spiro atoms. The lowest BCUT2D eigenvalue weighted by Gasteiger charge is -2.14. The van der Waals surface area contributed by atoms with E-state index in [0.717, 1.165) is 33.7 Å². The molecular weight excluding hydrogens is 226 g/mol. The predicted octanol–water partition coefficient (Wildman–Crippen LogP) is 2.88. The van der Waals surface area contributed by atoms with Gasteiger partial charge >= 0.3 is 0 Å². The summed E-state index contributed by atoms with van der Waals surface area (Å²) in [7, 11) is 1.68. The van der Waals surface area contributed by atoms with Crippen molar-refractivity contribution in [1.82, 2.24) is 10.2 Å². The van der Waals surface area contributed by atoms with Crippen LogP contribution in [0.25, 0.3) is 11.3 Å². The molecule has 0 aliphatic rings. The SMILES string of the molecule is COc1c(C)cc(-c2cc(C#N)n[nH]2)c(C)c1C. The first-order valence-corrected chi connectivity index (χ1v) is 5.69. The zero-order valence-electron chi connectivity index (χ0n) is 11.0. The van der Waals surface area contributed by atoms with Gasteiger partial charge < -0.3 is 4.74 Å². The third-order valence-electron chi connectivity index (χ3n) is 3.21. The lowest BCUT2D eigenvalue weighted by atomic mass is 9.96. The van der Waals surface area contributed by atoms with Crippen LogP contribution in [-0.2, 0) is 0 Å². The van der Waals surface area contributed by atoms with Crippen molar-refractivity contribution >= 4 is 0 Å². The molecule has 0 saturated carbocycles. The molecule has 0 fully saturated rings. The Morgan fingerprint density at radius 2 is 1.94 bits per heavy atom. The highest BCUT2D eigenvalue weighted by atomic mass is 16.5. The van der Waals surface area contributed by atoms with Crippen molar-refractivity contribution in [2.24, 2.45) is 0 Å². The largest absolute Gasteiger partial charge is 0.496 e. The van der Waals surface area contributed by atoms with E-state index in [1.54, 1.807) is 13.2 Å². The molecular formula is C14H15N3O. The van der Waals surface area contributed by atoms with Crippen molar-refractivity contribution in [1.29, 1.82) is 5.26 Å². The number of rotatable bonds is 2. The summed E-state index contributed by atoms with van der Waals surface area (Å²) in [5.41, 5.74) is 5.63. The van der Waals surface area contributed by atoms with Crippen molar-refractivity contribution in [2.45, 2.75) is 20.8 Å². The van der Waals surface area contributed by atoms with Gasteiger partial charge in [-0.05, 0) is 43.5 Å². The van der Waals surface area contributed by atoms with Gasteiger partial charge in [-0.1, -0.05) is 0 Å². The van der Waals surface area contributed by atoms with Crippen molar-refractivity contribution in [3.63, 3.8) is 0 Å². The Hall–Kier alpha value is -2.28. The number of ether oxygens (including phenoxy) is 1. The predicted molar refractivity (Wildman–Crippen MR) is 69.5 cm³/mol. The van der Waals surface area contributed by atoms with Gasteiger partial charge in [0.25, 0.3) is 0 Å². The molecule has 0 unspecified atom stereocenters. The minimum atomic E-state index is 0.399. The van der Waals surface area contributed by atoms with Crippen LogP contribution in [0.3, 0.4) is 0 Å². The first-order valence-electron chi connectivity index (χ1n) is 5.69. The molecule has 1 aromatic heterocycles. The fourth-order valence-corrected chi connectivity index (χ4v) is 2.17. The van der Waals surface area contributed by atoms with Crippen molar-refractivity contribution in [3.05, 3.63) is 34.5 Å². The summed E-state index contributed by atoms with van der Waals surface area (Å²) in [6.45, 7) is 6.09. The monoisotopic (exact) mass is 241 g/mol. The van der Waals surface area contributed by atoms with E-state index in [9.17, 15) is 0 Å². The zero-order valence-corrected chi connectivity index (χ0v) is 11.0. The molecule has 4 nitrogen and oxygen atoms in total. The van der Waals surface area contributed by atoms with E-state index >= 15 is 0 Å². The maximum Gasteiger partial charge on any atom is 0.162 e. The summed E-state index contributed by atoms with van der Waals surface area (Å²) in [5, 5.41) is 15.6. The van der Waals surface area contributed by atoms with Gasteiger partial charge in [-0.3, -0.25) is 5.10 Å². The molecule has 1 heterocycles. The molecule has 0 saturated heterocycles. The van der Waals surface area contributed by atoms with Gasteiger partial charge in [0.2, 0.25) is 0 Å². The Bertz CT molecular complexity index is 635. The fourth-order valence-electron chi connectivity index (χ4n) is 2.17. The summed E-state index contributed by atoms with van der Waals surface area (Å²) >= 11 is 0. The second kappa shape index (κ2) is 4.53. The van der Waals surface area contributed by atoms with Crippen LogP contribution in [-0.4, -0.2) is 17.3 Å². The summed E-state index contributed by atoms with van der Waals surface area (Å²) in [5.74, 6) is 0.913. The zero-order chi connectivity index (χ0) is 13.3. The number of hydrogen-bond acceptors (Lipinski definition) is 3. The highest BCUT2D eigenvalue weighted by Gasteiger charge is 2.13. The lowest BCUT2D eigenvalue weighted by molar-refractivity contribution is 0.408. The Balaban J connectivity index is 2.63. The van der Waals surface area contributed by atoms with Gasteiger partial charge in [0.05, 0.1) is 12.8 Å². The van der Waals surface area contributed by atoms with Crippen LogP contribution in [0.4, 0.5) is 0 Å². The molecule has 92 valence electrons. The molecule has 1 aromatic carbocycles. The number of hydrogen-bond donors (Lipinski definition) is 1. The number of H-pyrrole nitrogens is 1. The second-order valence-electron chi connectivity index (χ2n) is 4.30. The van der Waals surface area contributed by atoms with E-state index in [4.69, 9.17) is 10.00 Å². The van der Waals surface area contributed by atoms with E-state index < -0.39 is 0 Å². The smallest absolute Gasteiger partial charge is 0.162 e. The van der Waals surface area contributed by atoms with Crippen molar-refractivity contribution in [3.8, 4) is 23.1 Å². The van der Waals surface area contributed by atoms with Gasteiger partial charge in [-0.25, -0.2) is 0 Å². The van der Waals surface area contributed by atoms with Gasteiger partial charge in [0, 0.05) is 11.6 Å². The maximum absolute atomic E-state index is 8.81. The van der Waals surface area contributed by atoms with E-state index in [0.29, 0.717) is 5.69 Å². The van der Waals surface area contributed by atoms with Crippen LogP contribution in [0.2, 0.25) is 0 Å². The van der Waals surface area contributed by atoms with Crippen LogP contribution >= 0.6 is 0 Å². The number of nitriles is 1. The molecule has 1 N–H and O–H groups in total. The lowest BCUT2D eigenvalue weighted by Crippen LogP contribution is -1.96. The topological polar surface area (TPSA) is 61.7 Å². The summed E-state index contributed by atoms with van der Waals surface area (Å²) in [4.78, 5) is 0. The highest BCUT2D eigenvalue weighted by molar-refractivity contribution is 5.69. The molecule has 0 amide bonds. The first-order chi connectivity index (χ1) is 8.58. The van der Waals surface area contributed by atoms with E-state index in [-0.39, 0.29) is 0 Å². The molecule has 0 atom stereocenters. The van der Waals surface area contributed by atoms with E-state index in [1.807, 2.05) is 26.8 Å². The molecule has 0 aliphatic heterocycles. The Labute approximate surface area is 106 Å². The van der Waals surface area contributed by atoms with Crippen molar-refractivity contribution < 1.29 is 4.74 Å². The fraction of sp³-hybridized carbons (Fsp3) is 0.286. The summed E-state index contributed by atoms with van der Waals surface area (Å²) in [6, 6.07) is 5.83. The number of benzene rings is 1. The third-order valence-corrected chi connectivity index (χ3v) is 3.21. The number of aromatic nitrogens is 2. The average Bonchev–Trinajstić information content (AvgIpc) is 2.83. The third kappa shape index (κ3) is 1.84. The van der Waals surface area contributed by atoms with E-state index in [1.165, 1.54) is 0 Å².